The van der Waals surface area contributed by atoms with Crippen LogP contribution in [0.2, 0.25) is 0 Å². The summed E-state index contributed by atoms with van der Waals surface area (Å²) in [7, 11) is 5.65. The Balaban J connectivity index is 0.000000568. The van der Waals surface area contributed by atoms with Gasteiger partial charge in [0.05, 0.1) is 6.61 Å². The first kappa shape index (κ1) is 24.0. The van der Waals surface area contributed by atoms with E-state index in [-0.39, 0.29) is 0 Å². The number of rotatable bonds is 7. The van der Waals surface area contributed by atoms with Gasteiger partial charge in [0, 0.05) is 19.2 Å². The first-order valence-electron chi connectivity index (χ1n) is 9.26. The molecule has 8 nitrogen and oxygen atoms in total. The van der Waals surface area contributed by atoms with Crippen molar-refractivity contribution < 1.29 is 34.4 Å². The Bertz CT molecular complexity index is 602. The second-order valence-corrected chi connectivity index (χ2v) is 7.04. The lowest BCUT2D eigenvalue weighted by Crippen LogP contribution is -2.56. The minimum absolute atomic E-state index is 0.512. The third-order valence-corrected chi connectivity index (χ3v) is 4.76. The molecule has 1 saturated carbocycles. The van der Waals surface area contributed by atoms with Crippen LogP contribution in [0.3, 0.4) is 0 Å². The lowest BCUT2D eigenvalue weighted by molar-refractivity contribution is -0.330. The van der Waals surface area contributed by atoms with Gasteiger partial charge < -0.3 is 29.7 Å². The zero-order chi connectivity index (χ0) is 21.2. The first-order chi connectivity index (χ1) is 13.2. The number of aliphatic hydroxyl groups is 1. The molecule has 1 aliphatic rings. The third kappa shape index (κ3) is 6.27. The number of carboxylic acids is 2. The predicted molar refractivity (Wildman–Crippen MR) is 103 cm³/mol. The summed E-state index contributed by atoms with van der Waals surface area (Å²) in [6, 6.07) is 9.85. The molecular formula is C20H31NO7. The molecule has 1 aromatic carbocycles. The molecule has 8 heteroatoms. The number of aliphatic carboxylic acids is 2. The summed E-state index contributed by atoms with van der Waals surface area (Å²) in [6.45, 7) is 1.30. The quantitative estimate of drug-likeness (QED) is 0.472. The zero-order valence-electron chi connectivity index (χ0n) is 16.8. The van der Waals surface area contributed by atoms with Gasteiger partial charge in [0.2, 0.25) is 5.79 Å². The van der Waals surface area contributed by atoms with Gasteiger partial charge >= 0.3 is 11.9 Å². The maximum Gasteiger partial charge on any atom is 0.414 e. The van der Waals surface area contributed by atoms with E-state index in [1.165, 1.54) is 0 Å². The lowest BCUT2D eigenvalue weighted by Gasteiger charge is -2.48. The van der Waals surface area contributed by atoms with E-state index in [1.807, 2.05) is 44.4 Å². The molecule has 28 heavy (non-hydrogen) atoms. The van der Waals surface area contributed by atoms with E-state index in [4.69, 9.17) is 29.3 Å². The van der Waals surface area contributed by atoms with E-state index in [0.717, 1.165) is 31.4 Å². The van der Waals surface area contributed by atoms with Gasteiger partial charge in [0.15, 0.2) is 0 Å². The minimum atomic E-state index is -1.82. The highest BCUT2D eigenvalue weighted by atomic mass is 16.7. The van der Waals surface area contributed by atoms with Crippen LogP contribution in [0.25, 0.3) is 0 Å². The van der Waals surface area contributed by atoms with Crippen molar-refractivity contribution in [3.63, 3.8) is 0 Å². The van der Waals surface area contributed by atoms with Crippen LogP contribution in [0.1, 0.15) is 37.7 Å². The number of carboxylic acid groups (broad SMARTS) is 2. The largest absolute Gasteiger partial charge is 0.473 e. The number of nitrogens with zero attached hydrogens (tertiary/aromatic N) is 1. The van der Waals surface area contributed by atoms with E-state index in [1.54, 1.807) is 7.11 Å². The number of methoxy groups -OCH3 is 1. The van der Waals surface area contributed by atoms with Gasteiger partial charge in [-0.15, -0.1) is 0 Å². The smallest absolute Gasteiger partial charge is 0.414 e. The van der Waals surface area contributed by atoms with Crippen molar-refractivity contribution in [2.24, 2.45) is 0 Å². The Morgan fingerprint density at radius 1 is 1.07 bits per heavy atom. The van der Waals surface area contributed by atoms with Crippen LogP contribution in [0, 0.1) is 0 Å². The lowest BCUT2D eigenvalue weighted by atomic mass is 9.75. The Morgan fingerprint density at radius 3 is 2.04 bits per heavy atom. The molecule has 0 spiro atoms. The number of hydrogen-bond acceptors (Lipinski definition) is 6. The van der Waals surface area contributed by atoms with Crippen molar-refractivity contribution in [3.8, 4) is 0 Å². The van der Waals surface area contributed by atoms with Gasteiger partial charge in [-0.05, 0) is 26.9 Å². The van der Waals surface area contributed by atoms with Crippen molar-refractivity contribution in [3.05, 3.63) is 35.9 Å². The summed E-state index contributed by atoms with van der Waals surface area (Å²) in [4.78, 5) is 20.3. The zero-order valence-corrected chi connectivity index (χ0v) is 16.8. The summed E-state index contributed by atoms with van der Waals surface area (Å²) in [5.41, 5.74) is -0.0890. The van der Waals surface area contributed by atoms with Crippen LogP contribution >= 0.6 is 0 Å². The van der Waals surface area contributed by atoms with Crippen LogP contribution in [-0.4, -0.2) is 72.1 Å². The van der Waals surface area contributed by atoms with Crippen molar-refractivity contribution in [1.82, 2.24) is 4.90 Å². The number of benzene rings is 1. The first-order valence-corrected chi connectivity index (χ1v) is 9.26. The molecule has 0 aliphatic heterocycles. The van der Waals surface area contributed by atoms with Gasteiger partial charge in [-0.3, -0.25) is 0 Å². The van der Waals surface area contributed by atoms with E-state index >= 15 is 0 Å². The third-order valence-electron chi connectivity index (χ3n) is 4.76. The average Bonchev–Trinajstić information content (AvgIpc) is 2.66. The van der Waals surface area contributed by atoms with Crippen molar-refractivity contribution >= 4 is 11.9 Å². The van der Waals surface area contributed by atoms with Gasteiger partial charge in [0.25, 0.3) is 0 Å². The molecule has 158 valence electrons. The fourth-order valence-corrected chi connectivity index (χ4v) is 3.35. The summed E-state index contributed by atoms with van der Waals surface area (Å²) >= 11 is 0. The molecule has 0 aromatic heterocycles. The second kappa shape index (κ2) is 11.1. The van der Waals surface area contributed by atoms with Gasteiger partial charge in [-0.25, -0.2) is 9.59 Å². The van der Waals surface area contributed by atoms with E-state index in [0.29, 0.717) is 19.4 Å². The van der Waals surface area contributed by atoms with E-state index in [9.17, 15) is 5.11 Å². The predicted octanol–water partition coefficient (Wildman–Crippen LogP) is 1.91. The van der Waals surface area contributed by atoms with Gasteiger partial charge in [0.1, 0.15) is 5.60 Å². The molecule has 1 aromatic rings. The standard InChI is InChI=1S/C18H29NO3.C2H2O4/c1-19(2)14-15-22-18(21-3,16-10-6-4-7-11-16)17(20)12-8-5-9-13-17;3-1(4)2(5)6/h4,6-7,10-11,20H,5,8-9,12-15H2,1-3H3;(H,3,4)(H,5,6). The van der Waals surface area contributed by atoms with Crippen molar-refractivity contribution in [2.75, 3.05) is 34.4 Å². The monoisotopic (exact) mass is 397 g/mol. The average molecular weight is 397 g/mol. The SMILES string of the molecule is COC(OCCN(C)C)(c1ccccc1)C1(O)CCCCC1.O=C(O)C(=O)O. The van der Waals surface area contributed by atoms with Crippen molar-refractivity contribution in [2.45, 2.75) is 43.5 Å². The molecule has 3 N–H and O–H groups in total. The maximum atomic E-state index is 11.3. The van der Waals surface area contributed by atoms with Crippen molar-refractivity contribution in [1.29, 1.82) is 0 Å². The number of ether oxygens (including phenoxy) is 2. The highest BCUT2D eigenvalue weighted by Gasteiger charge is 2.53. The Morgan fingerprint density at radius 2 is 1.61 bits per heavy atom. The van der Waals surface area contributed by atoms with Crippen LogP contribution in [-0.2, 0) is 24.8 Å². The molecule has 0 saturated heterocycles. The minimum Gasteiger partial charge on any atom is -0.473 e. The molecule has 1 unspecified atom stereocenters. The normalized spacial score (nSPS) is 17.9. The summed E-state index contributed by atoms with van der Waals surface area (Å²) in [6.07, 6.45) is 4.58. The molecular weight excluding hydrogens is 366 g/mol. The van der Waals surface area contributed by atoms with Crippen LogP contribution in [0.15, 0.2) is 30.3 Å². The molecule has 0 amide bonds. The van der Waals surface area contributed by atoms with Gasteiger partial charge in [-0.2, -0.15) is 0 Å². The fourth-order valence-electron chi connectivity index (χ4n) is 3.35. The molecule has 1 aliphatic carbocycles. The molecule has 0 bridgehead atoms. The maximum absolute atomic E-state index is 11.3. The fraction of sp³-hybridized carbons (Fsp3) is 0.600. The van der Waals surface area contributed by atoms with E-state index in [2.05, 4.69) is 4.90 Å². The molecule has 0 radical (unpaired) electrons. The summed E-state index contributed by atoms with van der Waals surface area (Å²) < 4.78 is 12.1. The Hall–Kier alpha value is -2.00. The second-order valence-electron chi connectivity index (χ2n) is 7.04. The summed E-state index contributed by atoms with van der Waals surface area (Å²) in [5.74, 6) is -4.74. The number of carbonyl (C=O) groups is 2. The Kier molecular flexibility index (Phi) is 9.54. The Labute approximate surface area is 165 Å². The molecule has 1 atom stereocenters. The number of likely N-dealkylation sites (N-methyl/N-ethyl adjacent to an activating group) is 1. The topological polar surface area (TPSA) is 117 Å². The van der Waals surface area contributed by atoms with Gasteiger partial charge in [-0.1, -0.05) is 49.6 Å². The molecule has 0 heterocycles. The van der Waals surface area contributed by atoms with E-state index < -0.39 is 23.3 Å². The highest BCUT2D eigenvalue weighted by Crippen LogP contribution is 2.46. The highest BCUT2D eigenvalue weighted by molar-refractivity contribution is 6.27. The molecule has 1 fully saturated rings. The van der Waals surface area contributed by atoms with Crippen LogP contribution in [0.5, 0.6) is 0 Å². The van der Waals surface area contributed by atoms with Crippen LogP contribution < -0.4 is 0 Å². The molecule has 2 rings (SSSR count). The summed E-state index contributed by atoms with van der Waals surface area (Å²) in [5, 5.41) is 26.1. The number of hydrogen-bond donors (Lipinski definition) is 3. The van der Waals surface area contributed by atoms with Crippen LogP contribution in [0.4, 0.5) is 0 Å².